The van der Waals surface area contributed by atoms with Gasteiger partial charge >= 0.3 is 0 Å². The summed E-state index contributed by atoms with van der Waals surface area (Å²) in [4.78, 5) is 24.4. The van der Waals surface area contributed by atoms with Gasteiger partial charge in [0.25, 0.3) is 5.69 Å². The van der Waals surface area contributed by atoms with Gasteiger partial charge in [0.05, 0.1) is 23.7 Å². The second-order valence-corrected chi connectivity index (χ2v) is 5.27. The summed E-state index contributed by atoms with van der Waals surface area (Å²) in [5.74, 6) is -0.259. The molecule has 114 valence electrons. The van der Waals surface area contributed by atoms with Gasteiger partial charge in [0.15, 0.2) is 0 Å². The van der Waals surface area contributed by atoms with Crippen LogP contribution in [0.1, 0.15) is 13.8 Å². The van der Waals surface area contributed by atoms with Gasteiger partial charge in [-0.15, -0.1) is 0 Å². The third kappa shape index (κ3) is 4.24. The van der Waals surface area contributed by atoms with Crippen molar-refractivity contribution in [2.45, 2.75) is 26.1 Å². The molecule has 1 saturated heterocycles. The second-order valence-electron chi connectivity index (χ2n) is 5.27. The number of amides is 1. The van der Waals surface area contributed by atoms with E-state index in [0.717, 1.165) is 0 Å². The van der Waals surface area contributed by atoms with Crippen LogP contribution in [0.3, 0.4) is 0 Å². The van der Waals surface area contributed by atoms with Gasteiger partial charge in [0.2, 0.25) is 5.91 Å². The van der Waals surface area contributed by atoms with Crippen molar-refractivity contribution in [3.63, 3.8) is 0 Å². The van der Waals surface area contributed by atoms with Gasteiger partial charge in [-0.05, 0) is 19.9 Å². The zero-order valence-corrected chi connectivity index (χ0v) is 12.1. The van der Waals surface area contributed by atoms with E-state index in [0.29, 0.717) is 13.1 Å². The molecule has 1 heterocycles. The Bertz CT molecular complexity index is 525. The highest BCUT2D eigenvalue weighted by molar-refractivity contribution is 5.94. The monoisotopic (exact) mass is 293 g/mol. The Morgan fingerprint density at radius 1 is 1.38 bits per heavy atom. The number of hydrogen-bond donors (Lipinski definition) is 1. The lowest BCUT2D eigenvalue weighted by Crippen LogP contribution is -2.48. The number of benzene rings is 1. The Labute approximate surface area is 123 Å². The summed E-state index contributed by atoms with van der Waals surface area (Å²) >= 11 is 0. The normalized spacial score (nSPS) is 22.8. The number of carbonyl (C=O) groups is 1. The first kappa shape index (κ1) is 15.4. The van der Waals surface area contributed by atoms with Crippen molar-refractivity contribution in [1.29, 1.82) is 0 Å². The summed E-state index contributed by atoms with van der Waals surface area (Å²) in [6.45, 7) is 5.47. The maximum absolute atomic E-state index is 12.1. The molecule has 1 N–H and O–H groups in total. The molecule has 1 aliphatic heterocycles. The SMILES string of the molecule is C[C@@H]1CN(CC(=O)Nc2ccccc2[N+](=O)[O-])C[C@H](C)O1. The number of ether oxygens (including phenoxy) is 1. The van der Waals surface area contributed by atoms with Crippen LogP contribution in [0.2, 0.25) is 0 Å². The fraction of sp³-hybridized carbons (Fsp3) is 0.500. The fourth-order valence-electron chi connectivity index (χ4n) is 2.54. The Kier molecular flexibility index (Phi) is 4.87. The van der Waals surface area contributed by atoms with E-state index in [1.165, 1.54) is 12.1 Å². The van der Waals surface area contributed by atoms with E-state index >= 15 is 0 Å². The first-order valence-corrected chi connectivity index (χ1v) is 6.87. The average molecular weight is 293 g/mol. The highest BCUT2D eigenvalue weighted by Gasteiger charge is 2.24. The van der Waals surface area contributed by atoms with E-state index in [4.69, 9.17) is 4.74 Å². The molecule has 0 saturated carbocycles. The molecule has 1 aromatic rings. The molecular formula is C14H19N3O4. The first-order chi connectivity index (χ1) is 9.95. The Morgan fingerprint density at radius 2 is 2.00 bits per heavy atom. The van der Waals surface area contributed by atoms with Gasteiger partial charge in [-0.2, -0.15) is 0 Å². The second kappa shape index (κ2) is 6.64. The first-order valence-electron chi connectivity index (χ1n) is 6.87. The summed E-state index contributed by atoms with van der Waals surface area (Å²) in [7, 11) is 0. The number of para-hydroxylation sites is 2. The number of nitrogens with zero attached hydrogens (tertiary/aromatic N) is 2. The third-order valence-electron chi connectivity index (χ3n) is 3.24. The highest BCUT2D eigenvalue weighted by atomic mass is 16.6. The number of anilines is 1. The summed E-state index contributed by atoms with van der Waals surface area (Å²) in [5.41, 5.74) is 0.122. The number of nitrogens with one attached hydrogen (secondary N) is 1. The van der Waals surface area contributed by atoms with Crippen molar-refractivity contribution in [2.75, 3.05) is 25.0 Å². The zero-order chi connectivity index (χ0) is 15.4. The van der Waals surface area contributed by atoms with Crippen molar-refractivity contribution < 1.29 is 14.5 Å². The zero-order valence-electron chi connectivity index (χ0n) is 12.1. The molecule has 0 bridgehead atoms. The van der Waals surface area contributed by atoms with Gasteiger partial charge in [-0.25, -0.2) is 0 Å². The number of morpholine rings is 1. The molecule has 7 heteroatoms. The minimum Gasteiger partial charge on any atom is -0.373 e. The van der Waals surface area contributed by atoms with E-state index in [9.17, 15) is 14.9 Å². The molecular weight excluding hydrogens is 274 g/mol. The molecule has 0 unspecified atom stereocenters. The highest BCUT2D eigenvalue weighted by Crippen LogP contribution is 2.23. The molecule has 1 aromatic carbocycles. The lowest BCUT2D eigenvalue weighted by molar-refractivity contribution is -0.383. The van der Waals surface area contributed by atoms with E-state index in [1.54, 1.807) is 12.1 Å². The minimum atomic E-state index is -0.505. The van der Waals surface area contributed by atoms with E-state index in [1.807, 2.05) is 18.7 Å². The molecule has 0 aromatic heterocycles. The smallest absolute Gasteiger partial charge is 0.292 e. The molecule has 0 radical (unpaired) electrons. The van der Waals surface area contributed by atoms with Gasteiger partial charge < -0.3 is 10.1 Å². The number of nitro groups is 1. The number of nitro benzene ring substituents is 1. The van der Waals surface area contributed by atoms with Crippen LogP contribution in [0.4, 0.5) is 11.4 Å². The van der Waals surface area contributed by atoms with Crippen molar-refractivity contribution >= 4 is 17.3 Å². The molecule has 1 amide bonds. The molecule has 7 nitrogen and oxygen atoms in total. The maximum Gasteiger partial charge on any atom is 0.292 e. The number of carbonyl (C=O) groups excluding carboxylic acids is 1. The standard InChI is InChI=1S/C14H19N3O4/c1-10-7-16(8-11(2)21-10)9-14(18)15-12-5-3-4-6-13(12)17(19)20/h3-6,10-11H,7-9H2,1-2H3,(H,15,18)/t10-,11+. The minimum absolute atomic E-state index is 0.0765. The van der Waals surface area contributed by atoms with Crippen LogP contribution in [-0.4, -0.2) is 47.6 Å². The summed E-state index contributed by atoms with van der Waals surface area (Å²) in [6.07, 6.45) is 0.153. The molecule has 0 aliphatic carbocycles. The maximum atomic E-state index is 12.1. The number of rotatable bonds is 4. The van der Waals surface area contributed by atoms with Crippen LogP contribution in [0.5, 0.6) is 0 Å². The van der Waals surface area contributed by atoms with Crippen molar-refractivity contribution in [2.24, 2.45) is 0 Å². The van der Waals surface area contributed by atoms with Gasteiger partial charge in [0, 0.05) is 19.2 Å². The fourth-order valence-corrected chi connectivity index (χ4v) is 2.54. The average Bonchev–Trinajstić information content (AvgIpc) is 2.37. The van der Waals surface area contributed by atoms with Gasteiger partial charge in [-0.1, -0.05) is 12.1 Å². The molecule has 21 heavy (non-hydrogen) atoms. The van der Waals surface area contributed by atoms with Crippen LogP contribution >= 0.6 is 0 Å². The van der Waals surface area contributed by atoms with Crippen molar-refractivity contribution in [3.05, 3.63) is 34.4 Å². The lowest BCUT2D eigenvalue weighted by atomic mass is 10.2. The lowest BCUT2D eigenvalue weighted by Gasteiger charge is -2.34. The van der Waals surface area contributed by atoms with E-state index in [-0.39, 0.29) is 36.0 Å². The van der Waals surface area contributed by atoms with E-state index in [2.05, 4.69) is 5.32 Å². The Morgan fingerprint density at radius 3 is 2.62 bits per heavy atom. The summed E-state index contributed by atoms with van der Waals surface area (Å²) in [6, 6.07) is 6.12. The predicted octanol–water partition coefficient (Wildman–Crippen LogP) is 1.64. The van der Waals surface area contributed by atoms with Gasteiger partial charge in [0.1, 0.15) is 5.69 Å². The Balaban J connectivity index is 1.97. The van der Waals surface area contributed by atoms with Gasteiger partial charge in [-0.3, -0.25) is 19.8 Å². The van der Waals surface area contributed by atoms with Crippen molar-refractivity contribution in [1.82, 2.24) is 4.90 Å². The molecule has 0 spiro atoms. The quantitative estimate of drug-likeness (QED) is 0.674. The Hall–Kier alpha value is -1.99. The van der Waals surface area contributed by atoms with Crippen LogP contribution in [0, 0.1) is 10.1 Å². The van der Waals surface area contributed by atoms with E-state index < -0.39 is 4.92 Å². The van der Waals surface area contributed by atoms with Crippen LogP contribution < -0.4 is 5.32 Å². The predicted molar refractivity (Wildman–Crippen MR) is 78.2 cm³/mol. The van der Waals surface area contributed by atoms with Crippen LogP contribution in [0.25, 0.3) is 0 Å². The number of hydrogen-bond acceptors (Lipinski definition) is 5. The topological polar surface area (TPSA) is 84.7 Å². The molecule has 2 rings (SSSR count). The van der Waals surface area contributed by atoms with Crippen molar-refractivity contribution in [3.8, 4) is 0 Å². The third-order valence-corrected chi connectivity index (χ3v) is 3.24. The summed E-state index contributed by atoms with van der Waals surface area (Å²) in [5, 5.41) is 13.5. The molecule has 1 fully saturated rings. The molecule has 1 aliphatic rings. The largest absolute Gasteiger partial charge is 0.373 e. The molecule has 2 atom stereocenters. The van der Waals surface area contributed by atoms with Crippen LogP contribution in [0.15, 0.2) is 24.3 Å². The van der Waals surface area contributed by atoms with Crippen LogP contribution in [-0.2, 0) is 9.53 Å². The summed E-state index contributed by atoms with van der Waals surface area (Å²) < 4.78 is 5.60.